The van der Waals surface area contributed by atoms with Gasteiger partial charge in [-0.15, -0.1) is 0 Å². The van der Waals surface area contributed by atoms with E-state index in [2.05, 4.69) is 12.2 Å². The predicted molar refractivity (Wildman–Crippen MR) is 67.0 cm³/mol. The summed E-state index contributed by atoms with van der Waals surface area (Å²) in [5.41, 5.74) is 0.982. The van der Waals surface area contributed by atoms with Crippen LogP contribution in [0.4, 0.5) is 5.69 Å². The summed E-state index contributed by atoms with van der Waals surface area (Å²) >= 11 is 0. The fourth-order valence-electron chi connectivity index (χ4n) is 2.04. The third kappa shape index (κ3) is 2.64. The highest BCUT2D eigenvalue weighted by atomic mass is 16.5. The Kier molecular flexibility index (Phi) is 3.74. The van der Waals surface area contributed by atoms with E-state index in [1.54, 1.807) is 14.2 Å². The Morgan fingerprint density at radius 2 is 2.12 bits per heavy atom. The van der Waals surface area contributed by atoms with Gasteiger partial charge in [-0.05, 0) is 25.5 Å². The molecule has 0 bridgehead atoms. The molecule has 0 amide bonds. The van der Waals surface area contributed by atoms with Crippen LogP contribution in [-0.4, -0.2) is 33.0 Å². The van der Waals surface area contributed by atoms with E-state index >= 15 is 0 Å². The van der Waals surface area contributed by atoms with Gasteiger partial charge in [-0.1, -0.05) is 0 Å². The second-order valence-electron chi connectivity index (χ2n) is 4.18. The Bertz CT molecular complexity index is 381. The molecule has 0 radical (unpaired) electrons. The van der Waals surface area contributed by atoms with Crippen LogP contribution in [0.3, 0.4) is 0 Å². The second kappa shape index (κ2) is 5.27. The van der Waals surface area contributed by atoms with Crippen LogP contribution in [0.15, 0.2) is 18.2 Å². The highest BCUT2D eigenvalue weighted by molar-refractivity contribution is 5.59. The van der Waals surface area contributed by atoms with Gasteiger partial charge in [0, 0.05) is 12.7 Å². The van der Waals surface area contributed by atoms with E-state index in [9.17, 15) is 0 Å². The zero-order chi connectivity index (χ0) is 12.3. The number of anilines is 1. The Labute approximate surface area is 102 Å². The molecule has 0 aliphatic carbocycles. The first kappa shape index (κ1) is 12.0. The summed E-state index contributed by atoms with van der Waals surface area (Å²) in [6.07, 6.45) is 1.26. The highest BCUT2D eigenvalue weighted by Gasteiger charge is 2.24. The van der Waals surface area contributed by atoms with Crippen molar-refractivity contribution in [1.82, 2.24) is 0 Å². The molecule has 2 unspecified atom stereocenters. The van der Waals surface area contributed by atoms with Gasteiger partial charge in [0.1, 0.15) is 11.5 Å². The average molecular weight is 237 g/mol. The molecule has 1 fully saturated rings. The number of rotatable bonds is 4. The molecule has 2 atom stereocenters. The van der Waals surface area contributed by atoms with Gasteiger partial charge in [-0.2, -0.15) is 0 Å². The van der Waals surface area contributed by atoms with Crippen LogP contribution in [-0.2, 0) is 4.74 Å². The molecule has 0 aromatic heterocycles. The Hall–Kier alpha value is -1.42. The van der Waals surface area contributed by atoms with Crippen molar-refractivity contribution in [3.05, 3.63) is 18.2 Å². The maximum atomic E-state index is 5.53. The zero-order valence-electron chi connectivity index (χ0n) is 10.5. The van der Waals surface area contributed by atoms with Gasteiger partial charge < -0.3 is 19.5 Å². The fraction of sp³-hybridized carbons (Fsp3) is 0.538. The summed E-state index contributed by atoms with van der Waals surface area (Å²) in [4.78, 5) is 0. The molecule has 1 saturated heterocycles. The lowest BCUT2D eigenvalue weighted by atomic mass is 10.1. The maximum absolute atomic E-state index is 5.53. The van der Waals surface area contributed by atoms with E-state index in [4.69, 9.17) is 14.2 Å². The van der Waals surface area contributed by atoms with Crippen LogP contribution in [0, 0.1) is 0 Å². The van der Waals surface area contributed by atoms with E-state index < -0.39 is 0 Å². The maximum Gasteiger partial charge on any atom is 0.145 e. The van der Waals surface area contributed by atoms with Crippen molar-refractivity contribution >= 4 is 5.69 Å². The smallest absolute Gasteiger partial charge is 0.145 e. The molecule has 4 heteroatoms. The van der Waals surface area contributed by atoms with E-state index in [-0.39, 0.29) is 6.10 Å². The molecule has 1 aromatic rings. The zero-order valence-corrected chi connectivity index (χ0v) is 10.5. The highest BCUT2D eigenvalue weighted by Crippen LogP contribution is 2.31. The molecule has 17 heavy (non-hydrogen) atoms. The van der Waals surface area contributed by atoms with Crippen molar-refractivity contribution in [2.75, 3.05) is 26.1 Å². The summed E-state index contributed by atoms with van der Waals surface area (Å²) < 4.78 is 16.0. The lowest BCUT2D eigenvalue weighted by Gasteiger charge is -2.19. The minimum atomic E-state index is 0.238. The summed E-state index contributed by atoms with van der Waals surface area (Å²) in [7, 11) is 3.31. The van der Waals surface area contributed by atoms with Crippen LogP contribution >= 0.6 is 0 Å². The SMILES string of the molecule is COc1ccc(NC2CCOC2C)c(OC)c1. The summed E-state index contributed by atoms with van der Waals surface area (Å²) in [6.45, 7) is 2.90. The number of hydrogen-bond donors (Lipinski definition) is 1. The molecule has 0 saturated carbocycles. The quantitative estimate of drug-likeness (QED) is 0.872. The third-order valence-corrected chi connectivity index (χ3v) is 3.13. The Balaban J connectivity index is 2.14. The van der Waals surface area contributed by atoms with Crippen LogP contribution < -0.4 is 14.8 Å². The van der Waals surface area contributed by atoms with Gasteiger partial charge in [-0.25, -0.2) is 0 Å². The third-order valence-electron chi connectivity index (χ3n) is 3.13. The topological polar surface area (TPSA) is 39.7 Å². The van der Waals surface area contributed by atoms with Crippen molar-refractivity contribution < 1.29 is 14.2 Å². The van der Waals surface area contributed by atoms with Gasteiger partial charge in [0.2, 0.25) is 0 Å². The summed E-state index contributed by atoms with van der Waals surface area (Å²) in [5.74, 6) is 1.59. The number of hydrogen-bond acceptors (Lipinski definition) is 4. The van der Waals surface area contributed by atoms with Gasteiger partial charge in [0.25, 0.3) is 0 Å². The molecule has 1 aliphatic rings. The van der Waals surface area contributed by atoms with Crippen molar-refractivity contribution in [1.29, 1.82) is 0 Å². The van der Waals surface area contributed by atoms with E-state index in [0.717, 1.165) is 30.2 Å². The first-order chi connectivity index (χ1) is 8.24. The molecule has 1 aromatic carbocycles. The first-order valence-electron chi connectivity index (χ1n) is 5.84. The molecule has 4 nitrogen and oxygen atoms in total. The van der Waals surface area contributed by atoms with Gasteiger partial charge in [-0.3, -0.25) is 0 Å². The standard InChI is InChI=1S/C13H19NO3/c1-9-11(6-7-17-9)14-12-5-4-10(15-2)8-13(12)16-3/h4-5,8-9,11,14H,6-7H2,1-3H3. The van der Waals surface area contributed by atoms with Crippen LogP contribution in [0.2, 0.25) is 0 Å². The van der Waals surface area contributed by atoms with Crippen molar-refractivity contribution in [3.8, 4) is 11.5 Å². The molecule has 1 N–H and O–H groups in total. The lowest BCUT2D eigenvalue weighted by Crippen LogP contribution is -2.26. The molecule has 94 valence electrons. The molecule has 1 aliphatic heterocycles. The fourth-order valence-corrected chi connectivity index (χ4v) is 2.04. The van der Waals surface area contributed by atoms with E-state index in [1.807, 2.05) is 18.2 Å². The van der Waals surface area contributed by atoms with Crippen LogP contribution in [0.5, 0.6) is 11.5 Å². The lowest BCUT2D eigenvalue weighted by molar-refractivity contribution is 0.121. The number of nitrogens with one attached hydrogen (secondary N) is 1. The minimum absolute atomic E-state index is 0.238. The molecular formula is C13H19NO3. The number of methoxy groups -OCH3 is 2. The number of ether oxygens (including phenoxy) is 3. The average Bonchev–Trinajstić information content (AvgIpc) is 2.75. The number of benzene rings is 1. The molecule has 2 rings (SSSR count). The molecule has 0 spiro atoms. The van der Waals surface area contributed by atoms with Gasteiger partial charge in [0.05, 0.1) is 32.1 Å². The Morgan fingerprint density at radius 1 is 1.29 bits per heavy atom. The van der Waals surface area contributed by atoms with Crippen molar-refractivity contribution in [3.63, 3.8) is 0 Å². The van der Waals surface area contributed by atoms with Crippen molar-refractivity contribution in [2.24, 2.45) is 0 Å². The normalized spacial score (nSPS) is 23.5. The minimum Gasteiger partial charge on any atom is -0.497 e. The van der Waals surface area contributed by atoms with Gasteiger partial charge >= 0.3 is 0 Å². The monoisotopic (exact) mass is 237 g/mol. The Morgan fingerprint density at radius 3 is 2.71 bits per heavy atom. The summed E-state index contributed by atoms with van der Waals surface area (Å²) in [5, 5.41) is 3.46. The largest absolute Gasteiger partial charge is 0.497 e. The van der Waals surface area contributed by atoms with Crippen LogP contribution in [0.1, 0.15) is 13.3 Å². The van der Waals surface area contributed by atoms with E-state index in [1.165, 1.54) is 0 Å². The van der Waals surface area contributed by atoms with Gasteiger partial charge in [0.15, 0.2) is 0 Å². The molecule has 1 heterocycles. The summed E-state index contributed by atoms with van der Waals surface area (Å²) in [6, 6.07) is 6.12. The van der Waals surface area contributed by atoms with E-state index in [0.29, 0.717) is 6.04 Å². The predicted octanol–water partition coefficient (Wildman–Crippen LogP) is 2.29. The van der Waals surface area contributed by atoms with Crippen LogP contribution in [0.25, 0.3) is 0 Å². The molecular weight excluding hydrogens is 218 g/mol. The van der Waals surface area contributed by atoms with Crippen molar-refractivity contribution in [2.45, 2.75) is 25.5 Å². The second-order valence-corrected chi connectivity index (χ2v) is 4.18. The first-order valence-corrected chi connectivity index (χ1v) is 5.84.